The Labute approximate surface area is 163 Å². The highest BCUT2D eigenvalue weighted by Gasteiger charge is 2.15. The lowest BCUT2D eigenvalue weighted by Crippen LogP contribution is -2.32. The highest BCUT2D eigenvalue weighted by Crippen LogP contribution is 2.23. The van der Waals surface area contributed by atoms with Crippen LogP contribution in [0.15, 0.2) is 78.9 Å². The van der Waals surface area contributed by atoms with Crippen LogP contribution in [-0.2, 0) is 4.79 Å². The summed E-state index contributed by atoms with van der Waals surface area (Å²) in [7, 11) is 0. The quantitative estimate of drug-likeness (QED) is 0.665. The van der Waals surface area contributed by atoms with Crippen LogP contribution < -0.4 is 10.6 Å². The molecule has 134 valence electrons. The molecule has 0 radical (unpaired) electrons. The molecule has 0 aliphatic rings. The van der Waals surface area contributed by atoms with E-state index >= 15 is 0 Å². The van der Waals surface area contributed by atoms with Crippen molar-refractivity contribution >= 4 is 23.2 Å². The van der Waals surface area contributed by atoms with Crippen molar-refractivity contribution in [1.82, 2.24) is 5.32 Å². The normalized spacial score (nSPS) is 11.4. The van der Waals surface area contributed by atoms with Crippen LogP contribution in [0.4, 0.5) is 5.69 Å². The summed E-state index contributed by atoms with van der Waals surface area (Å²) >= 11 is 6.00. The van der Waals surface area contributed by atoms with Crippen LogP contribution in [-0.4, -0.2) is 12.5 Å². The SMILES string of the molecule is N#Cc1ccccc1NC(=O)CNC(c1ccccc1)c1ccc(Cl)cc1. The first kappa shape index (κ1) is 18.7. The number of nitriles is 1. The lowest BCUT2D eigenvalue weighted by atomic mass is 9.99. The molecule has 5 heteroatoms. The second-order valence-corrected chi connectivity index (χ2v) is 6.42. The number of anilines is 1. The average Bonchev–Trinajstić information content (AvgIpc) is 2.70. The molecule has 0 aliphatic carbocycles. The van der Waals surface area contributed by atoms with E-state index in [0.29, 0.717) is 16.3 Å². The lowest BCUT2D eigenvalue weighted by Gasteiger charge is -2.20. The molecule has 1 atom stereocenters. The number of benzene rings is 3. The predicted octanol–water partition coefficient (Wildman–Crippen LogP) is 4.53. The number of rotatable bonds is 6. The molecule has 3 rings (SSSR count). The zero-order valence-electron chi connectivity index (χ0n) is 14.5. The van der Waals surface area contributed by atoms with Gasteiger partial charge in [0.15, 0.2) is 0 Å². The standard InChI is InChI=1S/C22H18ClN3O/c23-19-12-10-17(11-13-19)22(16-6-2-1-3-7-16)25-15-21(27)26-20-9-5-4-8-18(20)14-24/h1-13,22,25H,15H2,(H,26,27). The molecule has 3 aromatic carbocycles. The Kier molecular flexibility index (Phi) is 6.22. The van der Waals surface area contributed by atoms with Crippen LogP contribution in [0.5, 0.6) is 0 Å². The molecule has 0 saturated carbocycles. The summed E-state index contributed by atoms with van der Waals surface area (Å²) in [5, 5.41) is 15.9. The van der Waals surface area contributed by atoms with Crippen molar-refractivity contribution in [3.63, 3.8) is 0 Å². The molecule has 0 fully saturated rings. The maximum atomic E-state index is 12.4. The van der Waals surface area contributed by atoms with E-state index in [0.717, 1.165) is 11.1 Å². The van der Waals surface area contributed by atoms with Crippen LogP contribution in [0.2, 0.25) is 5.02 Å². The van der Waals surface area contributed by atoms with E-state index in [1.165, 1.54) is 0 Å². The van der Waals surface area contributed by atoms with E-state index < -0.39 is 0 Å². The largest absolute Gasteiger partial charge is 0.324 e. The van der Waals surface area contributed by atoms with Gasteiger partial charge < -0.3 is 5.32 Å². The fourth-order valence-corrected chi connectivity index (χ4v) is 2.93. The summed E-state index contributed by atoms with van der Waals surface area (Å²) < 4.78 is 0. The van der Waals surface area contributed by atoms with Gasteiger partial charge in [0.2, 0.25) is 5.91 Å². The fourth-order valence-electron chi connectivity index (χ4n) is 2.81. The third-order valence-corrected chi connectivity index (χ3v) is 4.38. The zero-order valence-corrected chi connectivity index (χ0v) is 15.3. The first-order valence-corrected chi connectivity index (χ1v) is 8.88. The van der Waals surface area contributed by atoms with Crippen LogP contribution >= 0.6 is 11.6 Å². The molecule has 1 amide bonds. The van der Waals surface area contributed by atoms with Gasteiger partial charge in [0.1, 0.15) is 6.07 Å². The van der Waals surface area contributed by atoms with Crippen molar-refractivity contribution in [3.05, 3.63) is 101 Å². The fraction of sp³-hybridized carbons (Fsp3) is 0.0909. The number of hydrogen-bond donors (Lipinski definition) is 2. The van der Waals surface area contributed by atoms with Gasteiger partial charge in [-0.15, -0.1) is 0 Å². The van der Waals surface area contributed by atoms with Crippen LogP contribution in [0.1, 0.15) is 22.7 Å². The van der Waals surface area contributed by atoms with Crippen molar-refractivity contribution in [2.45, 2.75) is 6.04 Å². The van der Waals surface area contributed by atoms with Gasteiger partial charge in [-0.2, -0.15) is 5.26 Å². The van der Waals surface area contributed by atoms with Crippen molar-refractivity contribution in [2.75, 3.05) is 11.9 Å². The highest BCUT2D eigenvalue weighted by molar-refractivity contribution is 6.30. The van der Waals surface area contributed by atoms with Gasteiger partial charge in [0.25, 0.3) is 0 Å². The Bertz CT molecular complexity index is 949. The predicted molar refractivity (Wildman–Crippen MR) is 108 cm³/mol. The van der Waals surface area contributed by atoms with Crippen molar-refractivity contribution in [3.8, 4) is 6.07 Å². The average molecular weight is 376 g/mol. The maximum Gasteiger partial charge on any atom is 0.238 e. The van der Waals surface area contributed by atoms with Crippen molar-refractivity contribution in [2.24, 2.45) is 0 Å². The van der Waals surface area contributed by atoms with Crippen LogP contribution in [0, 0.1) is 11.3 Å². The summed E-state index contributed by atoms with van der Waals surface area (Å²) in [5.74, 6) is -0.215. The number of nitrogens with one attached hydrogen (secondary N) is 2. The summed E-state index contributed by atoms with van der Waals surface area (Å²) in [4.78, 5) is 12.4. The number of carbonyl (C=O) groups is 1. The Morgan fingerprint density at radius 3 is 2.26 bits per heavy atom. The smallest absolute Gasteiger partial charge is 0.238 e. The van der Waals surface area contributed by atoms with E-state index in [-0.39, 0.29) is 18.5 Å². The third kappa shape index (κ3) is 4.95. The van der Waals surface area contributed by atoms with Crippen LogP contribution in [0.25, 0.3) is 0 Å². The first-order valence-electron chi connectivity index (χ1n) is 8.50. The van der Waals surface area contributed by atoms with Gasteiger partial charge >= 0.3 is 0 Å². The number of hydrogen-bond acceptors (Lipinski definition) is 3. The molecule has 1 unspecified atom stereocenters. The van der Waals surface area contributed by atoms with Gasteiger partial charge in [0.05, 0.1) is 23.8 Å². The molecule has 0 aliphatic heterocycles. The minimum Gasteiger partial charge on any atom is -0.324 e. The number of nitrogens with zero attached hydrogens (tertiary/aromatic N) is 1. The molecular formula is C22H18ClN3O. The number of carbonyl (C=O) groups excluding carboxylic acids is 1. The number of para-hydroxylation sites is 1. The Morgan fingerprint density at radius 2 is 1.56 bits per heavy atom. The van der Waals surface area contributed by atoms with Crippen molar-refractivity contribution in [1.29, 1.82) is 5.26 Å². The van der Waals surface area contributed by atoms with Crippen molar-refractivity contribution < 1.29 is 4.79 Å². The second kappa shape index (κ2) is 9.00. The molecule has 0 spiro atoms. The minimum atomic E-state index is -0.215. The molecule has 0 saturated heterocycles. The molecule has 0 heterocycles. The van der Waals surface area contributed by atoms with Gasteiger partial charge in [-0.3, -0.25) is 10.1 Å². The molecule has 0 aromatic heterocycles. The Hall–Kier alpha value is -3.13. The first-order chi connectivity index (χ1) is 13.2. The maximum absolute atomic E-state index is 12.4. The van der Waals surface area contributed by atoms with E-state index in [1.807, 2.05) is 54.6 Å². The Morgan fingerprint density at radius 1 is 0.926 bits per heavy atom. The summed E-state index contributed by atoms with van der Waals surface area (Å²) in [5.41, 5.74) is 3.00. The van der Waals surface area contributed by atoms with E-state index in [1.54, 1.807) is 24.3 Å². The minimum absolute atomic E-state index is 0.0992. The molecule has 2 N–H and O–H groups in total. The topological polar surface area (TPSA) is 64.9 Å². The molecular weight excluding hydrogens is 358 g/mol. The second-order valence-electron chi connectivity index (χ2n) is 5.98. The summed E-state index contributed by atoms with van der Waals surface area (Å²) in [6.07, 6.45) is 0. The highest BCUT2D eigenvalue weighted by atomic mass is 35.5. The monoisotopic (exact) mass is 375 g/mol. The molecule has 4 nitrogen and oxygen atoms in total. The van der Waals surface area contributed by atoms with Gasteiger partial charge in [0, 0.05) is 5.02 Å². The summed E-state index contributed by atoms with van der Waals surface area (Å²) in [6.45, 7) is 0.0992. The number of halogens is 1. The van der Waals surface area contributed by atoms with E-state index in [9.17, 15) is 4.79 Å². The number of amides is 1. The summed E-state index contributed by atoms with van der Waals surface area (Å²) in [6, 6.07) is 26.3. The lowest BCUT2D eigenvalue weighted by molar-refractivity contribution is -0.115. The third-order valence-electron chi connectivity index (χ3n) is 4.12. The van der Waals surface area contributed by atoms with Gasteiger partial charge in [-0.25, -0.2) is 0 Å². The van der Waals surface area contributed by atoms with Gasteiger partial charge in [-0.05, 0) is 35.4 Å². The zero-order chi connectivity index (χ0) is 19.1. The van der Waals surface area contributed by atoms with Gasteiger partial charge in [-0.1, -0.05) is 66.2 Å². The molecule has 0 bridgehead atoms. The van der Waals surface area contributed by atoms with Crippen LogP contribution in [0.3, 0.4) is 0 Å². The Balaban J connectivity index is 1.74. The van der Waals surface area contributed by atoms with E-state index in [4.69, 9.17) is 16.9 Å². The molecule has 27 heavy (non-hydrogen) atoms. The van der Waals surface area contributed by atoms with E-state index in [2.05, 4.69) is 16.7 Å². The molecule has 3 aromatic rings.